The molecule has 0 aliphatic carbocycles. The number of nitrogens with one attached hydrogen (secondary N) is 2. The summed E-state index contributed by atoms with van der Waals surface area (Å²) < 4.78 is 1.80. The average Bonchev–Trinajstić information content (AvgIpc) is 3.51. The summed E-state index contributed by atoms with van der Waals surface area (Å²) in [7, 11) is 0. The van der Waals surface area contributed by atoms with Crippen LogP contribution in [0.1, 0.15) is 20.7 Å². The second-order valence-corrected chi connectivity index (χ2v) is 11.8. The quantitative estimate of drug-likeness (QED) is 0.144. The van der Waals surface area contributed by atoms with Crippen molar-refractivity contribution >= 4 is 90.0 Å². The molecule has 0 aliphatic rings. The lowest BCUT2D eigenvalue weighted by molar-refractivity contribution is -0.113. The fraction of sp³-hybridized carbons (Fsp3) is 0.0952. The Bertz CT molecular complexity index is 1350. The van der Waals surface area contributed by atoms with E-state index >= 15 is 0 Å². The van der Waals surface area contributed by atoms with E-state index in [2.05, 4.69) is 47.0 Å². The van der Waals surface area contributed by atoms with Gasteiger partial charge in [-0.1, -0.05) is 88.7 Å². The SMILES string of the molecule is O=C(CSc1nnc(NC(=O)c2ccccc2Br)s1)Nc1nnc(SCC(=O)c2ccccc2)s1. The number of benzene rings is 2. The number of aromatic nitrogens is 4. The van der Waals surface area contributed by atoms with Gasteiger partial charge in [0, 0.05) is 10.0 Å². The number of ketones is 1. The molecule has 0 saturated heterocycles. The van der Waals surface area contributed by atoms with E-state index in [4.69, 9.17) is 0 Å². The molecule has 0 bridgehead atoms. The van der Waals surface area contributed by atoms with Crippen molar-refractivity contribution in [1.82, 2.24) is 20.4 Å². The highest BCUT2D eigenvalue weighted by atomic mass is 79.9. The van der Waals surface area contributed by atoms with Crippen LogP contribution in [0.4, 0.5) is 10.3 Å². The fourth-order valence-electron chi connectivity index (χ4n) is 2.56. The van der Waals surface area contributed by atoms with Gasteiger partial charge >= 0.3 is 0 Å². The Morgan fingerprint density at radius 3 is 2.06 bits per heavy atom. The molecule has 0 spiro atoms. The molecule has 178 valence electrons. The third kappa shape index (κ3) is 7.41. The lowest BCUT2D eigenvalue weighted by atomic mass is 10.2. The number of amides is 2. The van der Waals surface area contributed by atoms with Gasteiger partial charge < -0.3 is 0 Å². The molecule has 0 radical (unpaired) electrons. The Kier molecular flexibility index (Phi) is 8.98. The highest BCUT2D eigenvalue weighted by Crippen LogP contribution is 2.28. The summed E-state index contributed by atoms with van der Waals surface area (Å²) in [6.45, 7) is 0. The molecule has 0 atom stereocenters. The molecule has 0 unspecified atom stereocenters. The summed E-state index contributed by atoms with van der Waals surface area (Å²) in [5.41, 5.74) is 1.12. The summed E-state index contributed by atoms with van der Waals surface area (Å²) >= 11 is 8.18. The Labute approximate surface area is 224 Å². The molecule has 9 nitrogen and oxygen atoms in total. The molecule has 0 saturated carbocycles. The molecule has 2 heterocycles. The normalized spacial score (nSPS) is 10.7. The largest absolute Gasteiger partial charge is 0.300 e. The average molecular weight is 608 g/mol. The lowest BCUT2D eigenvalue weighted by Crippen LogP contribution is -2.13. The van der Waals surface area contributed by atoms with Crippen molar-refractivity contribution < 1.29 is 14.4 Å². The number of anilines is 2. The predicted molar refractivity (Wildman–Crippen MR) is 143 cm³/mol. The molecule has 35 heavy (non-hydrogen) atoms. The van der Waals surface area contributed by atoms with Crippen LogP contribution in [0.15, 0.2) is 67.7 Å². The number of hydrogen-bond donors (Lipinski definition) is 2. The van der Waals surface area contributed by atoms with E-state index in [1.165, 1.54) is 46.2 Å². The standard InChI is InChI=1S/C21H15BrN6O3S4/c22-14-9-5-4-8-13(14)17(31)24-19-26-28-21(35-19)33-11-16(30)23-18-25-27-20(34-18)32-10-15(29)12-6-2-1-3-7-12/h1-9H,10-11H2,(H,23,25,30)(H,24,26,31). The molecule has 2 amide bonds. The van der Waals surface area contributed by atoms with Crippen molar-refractivity contribution in [2.45, 2.75) is 8.68 Å². The third-order valence-electron chi connectivity index (χ3n) is 4.15. The highest BCUT2D eigenvalue weighted by Gasteiger charge is 2.15. The molecule has 0 aliphatic heterocycles. The van der Waals surface area contributed by atoms with Crippen LogP contribution in [0.3, 0.4) is 0 Å². The van der Waals surface area contributed by atoms with Crippen LogP contribution in [0.25, 0.3) is 0 Å². The van der Waals surface area contributed by atoms with E-state index in [1.807, 2.05) is 24.3 Å². The van der Waals surface area contributed by atoms with Crippen LogP contribution < -0.4 is 10.6 Å². The van der Waals surface area contributed by atoms with Gasteiger partial charge in [0.1, 0.15) is 0 Å². The number of thioether (sulfide) groups is 2. The first-order valence-electron chi connectivity index (χ1n) is 9.84. The Hall–Kier alpha value is -2.65. The van der Waals surface area contributed by atoms with Crippen LogP contribution in [0, 0.1) is 0 Å². The zero-order valence-corrected chi connectivity index (χ0v) is 22.5. The molecule has 2 N–H and O–H groups in total. The predicted octanol–water partition coefficient (Wildman–Crippen LogP) is 5.11. The zero-order valence-electron chi connectivity index (χ0n) is 17.6. The van der Waals surface area contributed by atoms with E-state index in [1.54, 1.807) is 30.3 Å². The molecule has 2 aromatic carbocycles. The van der Waals surface area contributed by atoms with Crippen LogP contribution >= 0.6 is 62.1 Å². The first-order valence-corrected chi connectivity index (χ1v) is 14.2. The van der Waals surface area contributed by atoms with Crippen molar-refractivity contribution in [3.63, 3.8) is 0 Å². The Morgan fingerprint density at radius 1 is 0.771 bits per heavy atom. The topological polar surface area (TPSA) is 127 Å². The fourth-order valence-corrected chi connectivity index (χ4v) is 6.24. The molecule has 0 fully saturated rings. The summed E-state index contributed by atoms with van der Waals surface area (Å²) in [6, 6.07) is 16.1. The van der Waals surface area contributed by atoms with Crippen LogP contribution in [-0.2, 0) is 4.79 Å². The van der Waals surface area contributed by atoms with Crippen molar-refractivity contribution in [3.8, 4) is 0 Å². The summed E-state index contributed by atoms with van der Waals surface area (Å²) in [6.07, 6.45) is 0. The van der Waals surface area contributed by atoms with E-state index in [9.17, 15) is 14.4 Å². The summed E-state index contributed by atoms with van der Waals surface area (Å²) in [4.78, 5) is 36.8. The van der Waals surface area contributed by atoms with Crippen molar-refractivity contribution in [1.29, 1.82) is 0 Å². The Balaban J connectivity index is 1.22. The van der Waals surface area contributed by atoms with Crippen molar-refractivity contribution in [2.24, 2.45) is 0 Å². The second-order valence-electron chi connectivity index (χ2n) is 6.59. The number of hydrogen-bond acceptors (Lipinski definition) is 11. The van der Waals surface area contributed by atoms with E-state index in [0.717, 1.165) is 0 Å². The Morgan fingerprint density at radius 2 is 1.37 bits per heavy atom. The van der Waals surface area contributed by atoms with Crippen molar-refractivity contribution in [3.05, 3.63) is 70.2 Å². The minimum atomic E-state index is -0.307. The highest BCUT2D eigenvalue weighted by molar-refractivity contribution is 9.10. The van der Waals surface area contributed by atoms with E-state index < -0.39 is 0 Å². The van der Waals surface area contributed by atoms with Gasteiger partial charge in [-0.25, -0.2) is 0 Å². The van der Waals surface area contributed by atoms with E-state index in [0.29, 0.717) is 34.5 Å². The summed E-state index contributed by atoms with van der Waals surface area (Å²) in [5.74, 6) is -0.270. The minimum absolute atomic E-state index is 0.00296. The van der Waals surface area contributed by atoms with Gasteiger partial charge in [-0.05, 0) is 28.1 Å². The van der Waals surface area contributed by atoms with Gasteiger partial charge in [-0.3, -0.25) is 25.0 Å². The van der Waals surface area contributed by atoms with Gasteiger partial charge in [0.15, 0.2) is 14.5 Å². The molecular formula is C21H15BrN6O3S4. The minimum Gasteiger partial charge on any atom is -0.300 e. The maximum absolute atomic E-state index is 12.4. The molecule has 14 heteroatoms. The molecular weight excluding hydrogens is 592 g/mol. The van der Waals surface area contributed by atoms with Crippen LogP contribution in [-0.4, -0.2) is 49.5 Å². The number of halogens is 1. The van der Waals surface area contributed by atoms with Gasteiger partial charge in [0.25, 0.3) is 5.91 Å². The van der Waals surface area contributed by atoms with Gasteiger partial charge in [-0.2, -0.15) is 0 Å². The third-order valence-corrected chi connectivity index (χ3v) is 8.78. The van der Waals surface area contributed by atoms with Gasteiger partial charge in [0.05, 0.1) is 17.1 Å². The molecule has 4 rings (SSSR count). The maximum atomic E-state index is 12.4. The number of carbonyl (C=O) groups is 3. The number of carbonyl (C=O) groups excluding carboxylic acids is 3. The zero-order chi connectivity index (χ0) is 24.6. The second kappa shape index (κ2) is 12.4. The van der Waals surface area contributed by atoms with E-state index in [-0.39, 0.29) is 29.1 Å². The number of nitrogens with zero attached hydrogens (tertiary/aromatic N) is 4. The molecule has 4 aromatic rings. The van der Waals surface area contributed by atoms with Gasteiger partial charge in [-0.15, -0.1) is 20.4 Å². The van der Waals surface area contributed by atoms with Crippen LogP contribution in [0.5, 0.6) is 0 Å². The van der Waals surface area contributed by atoms with Gasteiger partial charge in [0.2, 0.25) is 16.2 Å². The first kappa shape index (κ1) is 25.4. The van der Waals surface area contributed by atoms with Crippen LogP contribution in [0.2, 0.25) is 0 Å². The lowest BCUT2D eigenvalue weighted by Gasteiger charge is -2.02. The monoisotopic (exact) mass is 606 g/mol. The smallest absolute Gasteiger partial charge is 0.258 e. The number of Topliss-reactive ketones (excluding diaryl/α,β-unsaturated/α-hetero) is 1. The van der Waals surface area contributed by atoms with Crippen molar-refractivity contribution in [2.75, 3.05) is 22.1 Å². The maximum Gasteiger partial charge on any atom is 0.258 e. The summed E-state index contributed by atoms with van der Waals surface area (Å²) in [5, 5.41) is 22.0. The number of rotatable bonds is 10. The first-order chi connectivity index (χ1) is 17.0. The molecule has 2 aromatic heterocycles.